The van der Waals surface area contributed by atoms with Crippen LogP contribution in [0, 0.1) is 24.0 Å². The second-order valence-corrected chi connectivity index (χ2v) is 2.08. The van der Waals surface area contributed by atoms with E-state index in [0.717, 1.165) is 6.07 Å². The van der Waals surface area contributed by atoms with E-state index in [1.165, 1.54) is 6.07 Å². The molecular weight excluding hydrogens is 162 g/mol. The Morgan fingerprint density at radius 3 is 2.58 bits per heavy atom. The van der Waals surface area contributed by atoms with Crippen LogP contribution in [0.15, 0.2) is 12.1 Å². The standard InChI is InChI=1S/C9H4F2O/c1-2-6-3-4-8(10)9(11)7(6)5-12/h1,3-5H. The molecule has 0 aromatic heterocycles. The highest BCUT2D eigenvalue weighted by atomic mass is 19.2. The fourth-order valence-corrected chi connectivity index (χ4v) is 0.807. The number of benzene rings is 1. The van der Waals surface area contributed by atoms with E-state index in [2.05, 4.69) is 5.92 Å². The van der Waals surface area contributed by atoms with Crippen molar-refractivity contribution in [1.29, 1.82) is 0 Å². The first-order chi connectivity index (χ1) is 5.70. The van der Waals surface area contributed by atoms with E-state index in [1.54, 1.807) is 0 Å². The Labute approximate surface area is 68.0 Å². The molecule has 0 aliphatic rings. The Bertz CT molecular complexity index is 364. The molecule has 0 fully saturated rings. The number of halogens is 2. The highest BCUT2D eigenvalue weighted by Gasteiger charge is 2.10. The van der Waals surface area contributed by atoms with Gasteiger partial charge in [-0.05, 0) is 12.1 Å². The van der Waals surface area contributed by atoms with Crippen molar-refractivity contribution >= 4 is 6.29 Å². The largest absolute Gasteiger partial charge is 0.298 e. The lowest BCUT2D eigenvalue weighted by Crippen LogP contribution is -1.96. The summed E-state index contributed by atoms with van der Waals surface area (Å²) >= 11 is 0. The van der Waals surface area contributed by atoms with Gasteiger partial charge in [0.15, 0.2) is 17.9 Å². The molecule has 0 atom stereocenters. The lowest BCUT2D eigenvalue weighted by molar-refractivity contribution is 0.111. The monoisotopic (exact) mass is 166 g/mol. The lowest BCUT2D eigenvalue weighted by atomic mass is 10.1. The SMILES string of the molecule is C#Cc1ccc(F)c(F)c1C=O. The minimum atomic E-state index is -1.19. The fourth-order valence-electron chi connectivity index (χ4n) is 0.807. The van der Waals surface area contributed by atoms with Crippen molar-refractivity contribution in [2.45, 2.75) is 0 Å². The van der Waals surface area contributed by atoms with E-state index in [-0.39, 0.29) is 11.8 Å². The molecule has 0 unspecified atom stereocenters. The van der Waals surface area contributed by atoms with Crippen LogP contribution < -0.4 is 0 Å². The van der Waals surface area contributed by atoms with Gasteiger partial charge < -0.3 is 0 Å². The Morgan fingerprint density at radius 1 is 1.42 bits per heavy atom. The summed E-state index contributed by atoms with van der Waals surface area (Å²) in [5.41, 5.74) is -0.346. The normalized spacial score (nSPS) is 9.08. The molecular formula is C9H4F2O. The lowest BCUT2D eigenvalue weighted by Gasteiger charge is -1.98. The van der Waals surface area contributed by atoms with Crippen LogP contribution in [0.4, 0.5) is 8.78 Å². The molecule has 1 nitrogen and oxygen atoms in total. The maximum Gasteiger partial charge on any atom is 0.170 e. The molecule has 3 heteroatoms. The second-order valence-electron chi connectivity index (χ2n) is 2.08. The number of aldehydes is 1. The minimum absolute atomic E-state index is 0.0592. The molecule has 0 heterocycles. The summed E-state index contributed by atoms with van der Waals surface area (Å²) in [7, 11) is 0. The quantitative estimate of drug-likeness (QED) is 0.459. The zero-order chi connectivity index (χ0) is 9.14. The van der Waals surface area contributed by atoms with Crippen LogP contribution in [-0.2, 0) is 0 Å². The number of hydrogen-bond acceptors (Lipinski definition) is 1. The van der Waals surface area contributed by atoms with Crippen LogP contribution >= 0.6 is 0 Å². The van der Waals surface area contributed by atoms with Crippen LogP contribution in [-0.4, -0.2) is 6.29 Å². The summed E-state index contributed by atoms with van der Waals surface area (Å²) in [5, 5.41) is 0. The number of carbonyl (C=O) groups is 1. The first-order valence-electron chi connectivity index (χ1n) is 3.10. The van der Waals surface area contributed by atoms with Gasteiger partial charge in [-0.3, -0.25) is 4.79 Å². The molecule has 0 radical (unpaired) electrons. The summed E-state index contributed by atoms with van der Waals surface area (Å²) in [5.74, 6) is -0.190. The Hall–Kier alpha value is -1.69. The van der Waals surface area contributed by atoms with Crippen molar-refractivity contribution in [3.05, 3.63) is 34.9 Å². The molecule has 0 amide bonds. The molecule has 12 heavy (non-hydrogen) atoms. The molecule has 1 aromatic carbocycles. The Morgan fingerprint density at radius 2 is 2.08 bits per heavy atom. The van der Waals surface area contributed by atoms with E-state index in [0.29, 0.717) is 0 Å². The summed E-state index contributed by atoms with van der Waals surface area (Å²) in [4.78, 5) is 10.3. The Kier molecular flexibility index (Phi) is 2.20. The molecule has 0 N–H and O–H groups in total. The minimum Gasteiger partial charge on any atom is -0.298 e. The third-order valence-corrected chi connectivity index (χ3v) is 1.41. The van der Waals surface area contributed by atoms with Crippen LogP contribution in [0.2, 0.25) is 0 Å². The second kappa shape index (κ2) is 3.14. The molecule has 1 aromatic rings. The zero-order valence-corrected chi connectivity index (χ0v) is 5.97. The van der Waals surface area contributed by atoms with Crippen molar-refractivity contribution in [3.63, 3.8) is 0 Å². The van der Waals surface area contributed by atoms with Gasteiger partial charge in [-0.15, -0.1) is 6.42 Å². The molecule has 0 spiro atoms. The molecule has 0 aliphatic carbocycles. The van der Waals surface area contributed by atoms with Gasteiger partial charge in [0.25, 0.3) is 0 Å². The number of carbonyl (C=O) groups excluding carboxylic acids is 1. The number of rotatable bonds is 1. The maximum atomic E-state index is 12.7. The van der Waals surface area contributed by atoms with E-state index in [9.17, 15) is 13.6 Å². The van der Waals surface area contributed by atoms with E-state index in [1.807, 2.05) is 0 Å². The molecule has 0 saturated carbocycles. The first kappa shape index (κ1) is 8.41. The summed E-state index contributed by atoms with van der Waals surface area (Å²) in [6, 6.07) is 2.07. The molecule has 0 saturated heterocycles. The van der Waals surface area contributed by atoms with Crippen molar-refractivity contribution in [2.75, 3.05) is 0 Å². The van der Waals surface area contributed by atoms with Gasteiger partial charge in [0, 0.05) is 5.56 Å². The average Bonchev–Trinajstić information content (AvgIpc) is 2.09. The van der Waals surface area contributed by atoms with Gasteiger partial charge in [0.05, 0.1) is 5.56 Å². The van der Waals surface area contributed by atoms with Gasteiger partial charge in [-0.1, -0.05) is 5.92 Å². The van der Waals surface area contributed by atoms with E-state index >= 15 is 0 Å². The predicted molar refractivity (Wildman–Crippen MR) is 39.7 cm³/mol. The van der Waals surface area contributed by atoms with Crippen molar-refractivity contribution in [1.82, 2.24) is 0 Å². The van der Waals surface area contributed by atoms with Crippen molar-refractivity contribution in [3.8, 4) is 12.3 Å². The molecule has 0 aliphatic heterocycles. The van der Waals surface area contributed by atoms with Crippen LogP contribution in [0.1, 0.15) is 15.9 Å². The van der Waals surface area contributed by atoms with Crippen molar-refractivity contribution < 1.29 is 13.6 Å². The summed E-state index contributed by atoms with van der Waals surface area (Å²) in [6.45, 7) is 0. The van der Waals surface area contributed by atoms with Crippen molar-refractivity contribution in [2.24, 2.45) is 0 Å². The van der Waals surface area contributed by atoms with Crippen LogP contribution in [0.3, 0.4) is 0 Å². The van der Waals surface area contributed by atoms with Gasteiger partial charge in [0.2, 0.25) is 0 Å². The third kappa shape index (κ3) is 1.19. The zero-order valence-electron chi connectivity index (χ0n) is 5.97. The third-order valence-electron chi connectivity index (χ3n) is 1.41. The molecule has 60 valence electrons. The Balaban J connectivity index is 3.48. The average molecular weight is 166 g/mol. The number of terminal acetylenes is 1. The smallest absolute Gasteiger partial charge is 0.170 e. The maximum absolute atomic E-state index is 12.7. The van der Waals surface area contributed by atoms with Gasteiger partial charge in [-0.2, -0.15) is 0 Å². The van der Waals surface area contributed by atoms with Gasteiger partial charge >= 0.3 is 0 Å². The van der Waals surface area contributed by atoms with E-state index < -0.39 is 17.2 Å². The van der Waals surface area contributed by atoms with E-state index in [4.69, 9.17) is 6.42 Å². The van der Waals surface area contributed by atoms with Crippen LogP contribution in [0.5, 0.6) is 0 Å². The topological polar surface area (TPSA) is 17.1 Å². The van der Waals surface area contributed by atoms with Gasteiger partial charge in [-0.25, -0.2) is 8.78 Å². The number of hydrogen-bond donors (Lipinski definition) is 0. The molecule has 0 bridgehead atoms. The predicted octanol–water partition coefficient (Wildman–Crippen LogP) is 1.76. The van der Waals surface area contributed by atoms with Gasteiger partial charge in [0.1, 0.15) is 0 Å². The summed E-state index contributed by atoms with van der Waals surface area (Å²) in [6.07, 6.45) is 5.15. The highest BCUT2D eigenvalue weighted by Crippen LogP contribution is 2.13. The highest BCUT2D eigenvalue weighted by molar-refractivity contribution is 5.79. The molecule has 1 rings (SSSR count). The van der Waals surface area contributed by atoms with Crippen LogP contribution in [0.25, 0.3) is 0 Å². The first-order valence-corrected chi connectivity index (χ1v) is 3.10. The fraction of sp³-hybridized carbons (Fsp3) is 0. The summed E-state index contributed by atoms with van der Waals surface area (Å²) < 4.78 is 25.2.